The molecule has 1 aromatic rings. The van der Waals surface area contributed by atoms with E-state index in [4.69, 9.17) is 0 Å². The molecule has 5 heteroatoms. The Bertz CT molecular complexity index is 467. The maximum Gasteiger partial charge on any atom is 0.236 e. The van der Waals surface area contributed by atoms with Gasteiger partial charge >= 0.3 is 0 Å². The molecule has 0 aliphatic carbocycles. The molecule has 19 heavy (non-hydrogen) atoms. The summed E-state index contributed by atoms with van der Waals surface area (Å²) in [6.07, 6.45) is 0. The number of halogens is 1. The van der Waals surface area contributed by atoms with Gasteiger partial charge in [-0.25, -0.2) is 4.39 Å². The number of amides is 1. The molecule has 2 atom stereocenters. The topological polar surface area (TPSA) is 24.8 Å². The number of hydrogen-bond acceptors (Lipinski definition) is 2. The summed E-state index contributed by atoms with van der Waals surface area (Å²) >= 11 is 1.60. The van der Waals surface area contributed by atoms with E-state index in [1.807, 2.05) is 17.9 Å². The molecule has 1 aromatic carbocycles. The van der Waals surface area contributed by atoms with Gasteiger partial charge in [0.05, 0.1) is 32.4 Å². The summed E-state index contributed by atoms with van der Waals surface area (Å²) in [5, 5.41) is -0.108. The Morgan fingerprint density at radius 3 is 2.79 bits per heavy atom. The maximum absolute atomic E-state index is 13.3. The van der Waals surface area contributed by atoms with Gasteiger partial charge in [0, 0.05) is 0 Å². The zero-order valence-corrected chi connectivity index (χ0v) is 12.3. The zero-order valence-electron chi connectivity index (χ0n) is 11.5. The van der Waals surface area contributed by atoms with Gasteiger partial charge in [0.25, 0.3) is 0 Å². The third kappa shape index (κ3) is 3.28. The van der Waals surface area contributed by atoms with E-state index in [0.717, 1.165) is 12.1 Å². The highest BCUT2D eigenvalue weighted by Crippen LogP contribution is 2.42. The summed E-state index contributed by atoms with van der Waals surface area (Å²) in [6.45, 7) is 3.52. The first-order chi connectivity index (χ1) is 8.99. The van der Waals surface area contributed by atoms with Crippen LogP contribution in [0.25, 0.3) is 0 Å². The first-order valence-electron chi connectivity index (χ1n) is 6.49. The van der Waals surface area contributed by atoms with Gasteiger partial charge in [0.1, 0.15) is 11.2 Å². The molecule has 1 N–H and O–H groups in total. The third-order valence-corrected chi connectivity index (χ3v) is 4.63. The molecule has 3 nitrogen and oxygen atoms in total. The molecule has 1 aliphatic heterocycles. The number of thioether (sulfide) groups is 1. The Labute approximate surface area is 117 Å². The summed E-state index contributed by atoms with van der Waals surface area (Å²) in [4.78, 5) is 15.4. The highest BCUT2D eigenvalue weighted by molar-refractivity contribution is 8.01. The van der Waals surface area contributed by atoms with Gasteiger partial charge in [-0.15, -0.1) is 11.8 Å². The molecule has 0 bridgehead atoms. The number of carbonyl (C=O) groups excluding carboxylic acids is 1. The Hall–Kier alpha value is -1.07. The Kier molecular flexibility index (Phi) is 4.47. The van der Waals surface area contributed by atoms with Crippen LogP contribution in [0.4, 0.5) is 4.39 Å². The number of carbonyl (C=O) groups is 1. The number of likely N-dealkylation sites (N-methyl/N-ethyl adjacent to an activating group) is 1. The van der Waals surface area contributed by atoms with E-state index in [1.54, 1.807) is 17.8 Å². The normalized spacial score (nSPS) is 23.4. The number of nitrogens with zero attached hydrogens (tertiary/aromatic N) is 1. The number of hydrogen-bond donors (Lipinski definition) is 1. The average Bonchev–Trinajstić information content (AvgIpc) is 2.63. The molecule has 1 amide bonds. The second-order valence-corrected chi connectivity index (χ2v) is 6.60. The van der Waals surface area contributed by atoms with Crippen LogP contribution in [0.3, 0.4) is 0 Å². The summed E-state index contributed by atoms with van der Waals surface area (Å²) in [5.74, 6) is -0.0937. The molecule has 1 heterocycles. The first-order valence-corrected chi connectivity index (χ1v) is 7.43. The highest BCUT2D eigenvalue weighted by atomic mass is 32.2. The third-order valence-electron chi connectivity index (χ3n) is 3.23. The van der Waals surface area contributed by atoms with Gasteiger partial charge in [-0.2, -0.15) is 0 Å². The van der Waals surface area contributed by atoms with Crippen molar-refractivity contribution in [3.8, 4) is 0 Å². The van der Waals surface area contributed by atoms with Crippen molar-refractivity contribution >= 4 is 17.7 Å². The zero-order chi connectivity index (χ0) is 14.0. The number of quaternary nitrogens is 1. The standard InChI is InChI=1S/C14H19FN2OS/c1-10-13(18)17(8-7-16(2)3)14(19-10)11-5-4-6-12(15)9-11/h4-6,9-10,14H,7-8H2,1-3H3/p+1/t10-,14-/m1/s1. The molecule has 2 rings (SSSR count). The lowest BCUT2D eigenvalue weighted by atomic mass is 10.2. The van der Waals surface area contributed by atoms with Crippen LogP contribution < -0.4 is 4.90 Å². The second-order valence-electron chi connectivity index (χ2n) is 5.17. The summed E-state index contributed by atoms with van der Waals surface area (Å²) in [5.41, 5.74) is 0.872. The monoisotopic (exact) mass is 283 g/mol. The maximum atomic E-state index is 13.3. The number of benzene rings is 1. The molecular formula is C14H20FN2OS+. The van der Waals surface area contributed by atoms with Gasteiger partial charge in [0.2, 0.25) is 5.91 Å². The van der Waals surface area contributed by atoms with Gasteiger partial charge < -0.3 is 9.80 Å². The van der Waals surface area contributed by atoms with E-state index < -0.39 is 0 Å². The van der Waals surface area contributed by atoms with Crippen molar-refractivity contribution in [1.82, 2.24) is 4.90 Å². The molecule has 0 saturated carbocycles. The Morgan fingerprint density at radius 1 is 1.42 bits per heavy atom. The van der Waals surface area contributed by atoms with E-state index in [0.29, 0.717) is 6.54 Å². The van der Waals surface area contributed by atoms with E-state index in [2.05, 4.69) is 14.1 Å². The lowest BCUT2D eigenvalue weighted by Crippen LogP contribution is -3.06. The molecule has 1 fully saturated rings. The SMILES string of the molecule is C[C@H]1S[C@H](c2cccc(F)c2)N(CC[NH+](C)C)C1=O. The molecule has 1 saturated heterocycles. The fourth-order valence-electron chi connectivity index (χ4n) is 2.16. The fourth-order valence-corrected chi connectivity index (χ4v) is 3.46. The minimum atomic E-state index is -0.247. The van der Waals surface area contributed by atoms with E-state index >= 15 is 0 Å². The number of rotatable bonds is 4. The average molecular weight is 283 g/mol. The summed E-state index contributed by atoms with van der Waals surface area (Å²) < 4.78 is 13.3. The van der Waals surface area contributed by atoms with Crippen LogP contribution in [0.15, 0.2) is 24.3 Å². The van der Waals surface area contributed by atoms with Crippen LogP contribution in [-0.4, -0.2) is 43.2 Å². The van der Waals surface area contributed by atoms with Crippen molar-refractivity contribution in [3.63, 3.8) is 0 Å². The van der Waals surface area contributed by atoms with Crippen molar-refractivity contribution < 1.29 is 14.1 Å². The molecule has 0 radical (unpaired) electrons. The minimum absolute atomic E-state index is 0.0505. The predicted octanol–water partition coefficient (Wildman–Crippen LogP) is 0.933. The van der Waals surface area contributed by atoms with Gasteiger partial charge in [-0.1, -0.05) is 12.1 Å². The van der Waals surface area contributed by atoms with Crippen LogP contribution in [0.5, 0.6) is 0 Å². The first kappa shape index (κ1) is 14.3. The lowest BCUT2D eigenvalue weighted by Gasteiger charge is -2.24. The Balaban J connectivity index is 2.19. The number of nitrogens with one attached hydrogen (secondary N) is 1. The van der Waals surface area contributed by atoms with E-state index in [9.17, 15) is 9.18 Å². The molecule has 0 unspecified atom stereocenters. The van der Waals surface area contributed by atoms with E-state index in [1.165, 1.54) is 17.0 Å². The van der Waals surface area contributed by atoms with Crippen LogP contribution >= 0.6 is 11.8 Å². The summed E-state index contributed by atoms with van der Waals surface area (Å²) in [7, 11) is 4.13. The van der Waals surface area contributed by atoms with Gasteiger partial charge in [-0.05, 0) is 24.6 Å². The van der Waals surface area contributed by atoms with Crippen molar-refractivity contribution in [3.05, 3.63) is 35.6 Å². The quantitative estimate of drug-likeness (QED) is 0.889. The van der Waals surface area contributed by atoms with Gasteiger partial charge in [0.15, 0.2) is 0 Å². The van der Waals surface area contributed by atoms with Crippen molar-refractivity contribution in [2.75, 3.05) is 27.2 Å². The van der Waals surface area contributed by atoms with Crippen LogP contribution in [0.2, 0.25) is 0 Å². The largest absolute Gasteiger partial charge is 0.338 e. The highest BCUT2D eigenvalue weighted by Gasteiger charge is 2.38. The minimum Gasteiger partial charge on any atom is -0.338 e. The second kappa shape index (κ2) is 5.92. The van der Waals surface area contributed by atoms with Crippen molar-refractivity contribution in [2.45, 2.75) is 17.5 Å². The summed E-state index contributed by atoms with van der Waals surface area (Å²) in [6, 6.07) is 6.55. The Morgan fingerprint density at radius 2 is 2.16 bits per heavy atom. The smallest absolute Gasteiger partial charge is 0.236 e. The van der Waals surface area contributed by atoms with Gasteiger partial charge in [-0.3, -0.25) is 4.79 Å². The molecule has 0 aromatic heterocycles. The fraction of sp³-hybridized carbons (Fsp3) is 0.500. The lowest BCUT2D eigenvalue weighted by molar-refractivity contribution is -0.857. The molecule has 104 valence electrons. The van der Waals surface area contributed by atoms with Crippen LogP contribution in [0, 0.1) is 5.82 Å². The molecular weight excluding hydrogens is 263 g/mol. The van der Waals surface area contributed by atoms with Crippen LogP contribution in [0.1, 0.15) is 17.9 Å². The predicted molar refractivity (Wildman–Crippen MR) is 75.6 cm³/mol. The molecule has 1 aliphatic rings. The van der Waals surface area contributed by atoms with Crippen molar-refractivity contribution in [2.24, 2.45) is 0 Å². The van der Waals surface area contributed by atoms with Crippen molar-refractivity contribution in [1.29, 1.82) is 0 Å². The van der Waals surface area contributed by atoms with E-state index in [-0.39, 0.29) is 22.3 Å². The molecule has 0 spiro atoms. The van der Waals surface area contributed by atoms with Crippen LogP contribution in [-0.2, 0) is 4.79 Å².